The molecule has 1 aromatic carbocycles. The van der Waals surface area contributed by atoms with E-state index in [0.29, 0.717) is 12.5 Å². The minimum absolute atomic E-state index is 0.0990. The summed E-state index contributed by atoms with van der Waals surface area (Å²) in [6.07, 6.45) is 2.81. The summed E-state index contributed by atoms with van der Waals surface area (Å²) in [5.41, 5.74) is 5.55. The van der Waals surface area contributed by atoms with Crippen LogP contribution in [0.2, 0.25) is 0 Å². The number of para-hydroxylation sites is 1. The van der Waals surface area contributed by atoms with Crippen molar-refractivity contribution in [1.29, 1.82) is 0 Å². The summed E-state index contributed by atoms with van der Waals surface area (Å²) >= 11 is 0. The van der Waals surface area contributed by atoms with Crippen molar-refractivity contribution >= 4 is 11.6 Å². The molecule has 2 unspecified atom stereocenters. The zero-order chi connectivity index (χ0) is 14.6. The van der Waals surface area contributed by atoms with Gasteiger partial charge in [0.25, 0.3) is 0 Å². The van der Waals surface area contributed by atoms with Crippen LogP contribution in [-0.2, 0) is 9.53 Å². The Balaban J connectivity index is 1.88. The number of halogens is 1. The van der Waals surface area contributed by atoms with Crippen LogP contribution in [0.5, 0.6) is 0 Å². The molecule has 0 heterocycles. The van der Waals surface area contributed by atoms with Crippen molar-refractivity contribution in [2.45, 2.75) is 31.8 Å². The Morgan fingerprint density at radius 1 is 1.55 bits per heavy atom. The van der Waals surface area contributed by atoms with Crippen molar-refractivity contribution in [2.75, 3.05) is 18.5 Å². The quantitative estimate of drug-likeness (QED) is 0.870. The van der Waals surface area contributed by atoms with Crippen molar-refractivity contribution in [3.05, 3.63) is 30.1 Å². The number of nitrogens with two attached hydrogens (primary N) is 1. The Morgan fingerprint density at radius 3 is 2.90 bits per heavy atom. The van der Waals surface area contributed by atoms with E-state index in [1.54, 1.807) is 12.1 Å². The van der Waals surface area contributed by atoms with E-state index >= 15 is 0 Å². The molecule has 5 heteroatoms. The number of anilines is 1. The molecule has 2 atom stereocenters. The number of carbonyl (C=O) groups excluding carboxylic acids is 1. The first-order chi connectivity index (χ1) is 9.54. The number of rotatable bonds is 5. The Morgan fingerprint density at radius 2 is 2.30 bits per heavy atom. The highest BCUT2D eigenvalue weighted by atomic mass is 19.1. The molecule has 0 spiro atoms. The Hall–Kier alpha value is -1.46. The van der Waals surface area contributed by atoms with Crippen molar-refractivity contribution in [3.63, 3.8) is 0 Å². The molecule has 0 aromatic heterocycles. The van der Waals surface area contributed by atoms with Crippen LogP contribution < -0.4 is 11.1 Å². The van der Waals surface area contributed by atoms with E-state index in [4.69, 9.17) is 10.5 Å². The molecular formula is C15H21FN2O2. The summed E-state index contributed by atoms with van der Waals surface area (Å²) in [5.74, 6) is -0.250. The Bertz CT molecular complexity index is 481. The molecule has 2 rings (SSSR count). The third-order valence-electron chi connectivity index (χ3n) is 3.84. The van der Waals surface area contributed by atoms with E-state index in [-0.39, 0.29) is 18.2 Å². The molecule has 1 aromatic rings. The molecule has 1 saturated carbocycles. The van der Waals surface area contributed by atoms with Gasteiger partial charge in [0.2, 0.25) is 5.91 Å². The highest BCUT2D eigenvalue weighted by Gasteiger charge is 2.37. The van der Waals surface area contributed by atoms with Gasteiger partial charge in [0.1, 0.15) is 12.4 Å². The zero-order valence-electron chi connectivity index (χ0n) is 11.7. The SMILES string of the molecule is CC1CCC(CN)(OCC(=O)Nc2ccccc2F)C1. The lowest BCUT2D eigenvalue weighted by Gasteiger charge is -2.27. The van der Waals surface area contributed by atoms with E-state index in [1.165, 1.54) is 12.1 Å². The molecule has 1 amide bonds. The van der Waals surface area contributed by atoms with Gasteiger partial charge < -0.3 is 15.8 Å². The molecule has 1 aliphatic rings. The lowest BCUT2D eigenvalue weighted by atomic mass is 10.0. The molecule has 1 fully saturated rings. The molecule has 1 aliphatic carbocycles. The van der Waals surface area contributed by atoms with Gasteiger partial charge in [-0.15, -0.1) is 0 Å². The second-order valence-corrected chi connectivity index (χ2v) is 5.55. The fourth-order valence-corrected chi connectivity index (χ4v) is 2.69. The van der Waals surface area contributed by atoms with Gasteiger partial charge in [0, 0.05) is 6.54 Å². The van der Waals surface area contributed by atoms with Crippen LogP contribution in [0.4, 0.5) is 10.1 Å². The Labute approximate surface area is 118 Å². The highest BCUT2D eigenvalue weighted by Crippen LogP contribution is 2.36. The first-order valence-corrected chi connectivity index (χ1v) is 6.93. The van der Waals surface area contributed by atoms with Crippen molar-refractivity contribution < 1.29 is 13.9 Å². The van der Waals surface area contributed by atoms with E-state index in [9.17, 15) is 9.18 Å². The molecule has 110 valence electrons. The van der Waals surface area contributed by atoms with E-state index < -0.39 is 11.4 Å². The van der Waals surface area contributed by atoms with Crippen LogP contribution in [0.1, 0.15) is 26.2 Å². The predicted octanol–water partition coefficient (Wildman–Crippen LogP) is 2.30. The summed E-state index contributed by atoms with van der Waals surface area (Å²) < 4.78 is 19.1. The van der Waals surface area contributed by atoms with Gasteiger partial charge in [-0.3, -0.25) is 4.79 Å². The van der Waals surface area contributed by atoms with Crippen molar-refractivity contribution in [3.8, 4) is 0 Å². The van der Waals surface area contributed by atoms with Gasteiger partial charge in [-0.05, 0) is 37.3 Å². The van der Waals surface area contributed by atoms with Crippen LogP contribution in [0.25, 0.3) is 0 Å². The molecular weight excluding hydrogens is 259 g/mol. The second-order valence-electron chi connectivity index (χ2n) is 5.55. The molecule has 0 bridgehead atoms. The number of hydrogen-bond donors (Lipinski definition) is 2. The maximum absolute atomic E-state index is 13.4. The topological polar surface area (TPSA) is 64.3 Å². The molecule has 4 nitrogen and oxygen atoms in total. The van der Waals surface area contributed by atoms with E-state index in [1.807, 2.05) is 0 Å². The van der Waals surface area contributed by atoms with Crippen molar-refractivity contribution in [2.24, 2.45) is 11.7 Å². The van der Waals surface area contributed by atoms with E-state index in [2.05, 4.69) is 12.2 Å². The monoisotopic (exact) mass is 280 g/mol. The number of nitrogens with one attached hydrogen (secondary N) is 1. The number of carbonyl (C=O) groups is 1. The lowest BCUT2D eigenvalue weighted by molar-refractivity contribution is -0.127. The minimum atomic E-state index is -0.455. The molecule has 0 aliphatic heterocycles. The zero-order valence-corrected chi connectivity index (χ0v) is 11.7. The van der Waals surface area contributed by atoms with Gasteiger partial charge in [-0.2, -0.15) is 0 Å². The highest BCUT2D eigenvalue weighted by molar-refractivity contribution is 5.91. The maximum Gasteiger partial charge on any atom is 0.250 e. The van der Waals surface area contributed by atoms with Gasteiger partial charge >= 0.3 is 0 Å². The number of hydrogen-bond acceptors (Lipinski definition) is 3. The number of ether oxygens (including phenoxy) is 1. The fourth-order valence-electron chi connectivity index (χ4n) is 2.69. The van der Waals surface area contributed by atoms with Gasteiger partial charge in [0.05, 0.1) is 11.3 Å². The first-order valence-electron chi connectivity index (χ1n) is 6.93. The Kier molecular flexibility index (Phi) is 4.73. The molecule has 20 heavy (non-hydrogen) atoms. The number of benzene rings is 1. The lowest BCUT2D eigenvalue weighted by Crippen LogP contribution is -2.40. The van der Waals surface area contributed by atoms with Crippen LogP contribution in [0.3, 0.4) is 0 Å². The van der Waals surface area contributed by atoms with Crippen LogP contribution >= 0.6 is 0 Å². The molecule has 0 radical (unpaired) electrons. The summed E-state index contributed by atoms with van der Waals surface area (Å²) in [7, 11) is 0. The van der Waals surface area contributed by atoms with E-state index in [0.717, 1.165) is 19.3 Å². The average molecular weight is 280 g/mol. The molecule has 3 N–H and O–H groups in total. The van der Waals surface area contributed by atoms with Crippen LogP contribution in [0, 0.1) is 11.7 Å². The third-order valence-corrected chi connectivity index (χ3v) is 3.84. The fraction of sp³-hybridized carbons (Fsp3) is 0.533. The molecule has 0 saturated heterocycles. The maximum atomic E-state index is 13.4. The van der Waals surface area contributed by atoms with Gasteiger partial charge in [-0.25, -0.2) is 4.39 Å². The van der Waals surface area contributed by atoms with Crippen LogP contribution in [-0.4, -0.2) is 24.7 Å². The largest absolute Gasteiger partial charge is 0.364 e. The van der Waals surface area contributed by atoms with Gasteiger partial charge in [0.15, 0.2) is 0 Å². The normalized spacial score (nSPS) is 25.6. The predicted molar refractivity (Wildman–Crippen MR) is 75.8 cm³/mol. The first kappa shape index (κ1) is 14.9. The summed E-state index contributed by atoms with van der Waals surface area (Å²) in [5, 5.41) is 2.51. The third kappa shape index (κ3) is 3.55. The summed E-state index contributed by atoms with van der Waals surface area (Å²) in [6.45, 7) is 2.46. The summed E-state index contributed by atoms with van der Waals surface area (Å²) in [4.78, 5) is 11.8. The average Bonchev–Trinajstić information content (AvgIpc) is 2.82. The second kappa shape index (κ2) is 6.33. The number of amides is 1. The van der Waals surface area contributed by atoms with Gasteiger partial charge in [-0.1, -0.05) is 19.1 Å². The smallest absolute Gasteiger partial charge is 0.250 e. The standard InChI is InChI=1S/C15H21FN2O2/c1-11-6-7-15(8-11,10-17)20-9-14(19)18-13-5-3-2-4-12(13)16/h2-5,11H,6-10,17H2,1H3,(H,18,19). The van der Waals surface area contributed by atoms with Crippen LogP contribution in [0.15, 0.2) is 24.3 Å². The van der Waals surface area contributed by atoms with Crippen molar-refractivity contribution in [1.82, 2.24) is 0 Å². The summed E-state index contributed by atoms with van der Waals surface area (Å²) in [6, 6.07) is 6.06. The minimum Gasteiger partial charge on any atom is -0.364 e.